The van der Waals surface area contributed by atoms with E-state index in [2.05, 4.69) is 5.43 Å². The lowest BCUT2D eigenvalue weighted by molar-refractivity contribution is -0.137. The number of carbonyl (C=O) groups excluding carboxylic acids is 2. The molecule has 1 aromatic carbocycles. The molecule has 0 aliphatic carbocycles. The van der Waals surface area contributed by atoms with E-state index in [0.717, 1.165) is 0 Å². The first-order valence-electron chi connectivity index (χ1n) is 5.58. The van der Waals surface area contributed by atoms with Gasteiger partial charge in [0.25, 0.3) is 0 Å². The third-order valence-corrected chi connectivity index (χ3v) is 2.92. The molecule has 0 aliphatic rings. The highest BCUT2D eigenvalue weighted by Gasteiger charge is 2.20. The minimum atomic E-state index is -1.05. The number of carboxylic acids is 1. The number of nitrogens with one attached hydrogen (secondary N) is 2. The Kier molecular flexibility index (Phi) is 6.27. The van der Waals surface area contributed by atoms with Crippen molar-refractivity contribution in [3.63, 3.8) is 0 Å². The summed E-state index contributed by atoms with van der Waals surface area (Å²) in [6.45, 7) is 0. The van der Waals surface area contributed by atoms with Crippen molar-refractivity contribution in [2.75, 3.05) is 0 Å². The Morgan fingerprint density at radius 1 is 1.20 bits per heavy atom. The third-order valence-electron chi connectivity index (χ3n) is 2.48. The van der Waals surface area contributed by atoms with Crippen molar-refractivity contribution in [1.29, 1.82) is 0 Å². The Morgan fingerprint density at radius 2 is 1.80 bits per heavy atom. The second-order valence-electron chi connectivity index (χ2n) is 4.01. The summed E-state index contributed by atoms with van der Waals surface area (Å²) in [5.74, 6) is -2.17. The van der Waals surface area contributed by atoms with E-state index < -0.39 is 17.8 Å². The van der Waals surface area contributed by atoms with Gasteiger partial charge in [0.05, 0.1) is 6.42 Å². The van der Waals surface area contributed by atoms with Gasteiger partial charge in [-0.3, -0.25) is 25.2 Å². The van der Waals surface area contributed by atoms with Gasteiger partial charge in [0, 0.05) is 22.4 Å². The van der Waals surface area contributed by atoms with Crippen LogP contribution in [0.3, 0.4) is 0 Å². The molecule has 1 rings (SSSR count). The molecule has 0 radical (unpaired) electrons. The number of amides is 2. The van der Waals surface area contributed by atoms with Gasteiger partial charge in [-0.15, -0.1) is 0 Å². The number of rotatable bonds is 7. The average molecular weight is 319 g/mol. The fourth-order valence-corrected chi connectivity index (χ4v) is 2.26. The first-order valence-corrected chi connectivity index (χ1v) is 6.33. The maximum atomic E-state index is 11.5. The van der Waals surface area contributed by atoms with E-state index in [1.165, 1.54) is 6.07 Å². The van der Waals surface area contributed by atoms with Gasteiger partial charge in [0.1, 0.15) is 0 Å². The van der Waals surface area contributed by atoms with E-state index in [9.17, 15) is 14.4 Å². The molecule has 0 fully saturated rings. The summed E-state index contributed by atoms with van der Waals surface area (Å²) in [4.78, 5) is 32.5. The summed E-state index contributed by atoms with van der Waals surface area (Å²) in [6, 6.07) is 4.63. The third kappa shape index (κ3) is 5.46. The highest BCUT2D eigenvalue weighted by molar-refractivity contribution is 6.34. The summed E-state index contributed by atoms with van der Waals surface area (Å²) in [5.41, 5.74) is 4.67. The molecule has 0 saturated heterocycles. The number of carbonyl (C=O) groups is 3. The summed E-state index contributed by atoms with van der Waals surface area (Å²) in [5, 5.41) is 9.61. The van der Waals surface area contributed by atoms with Crippen LogP contribution in [0.5, 0.6) is 0 Å². The Hall–Kier alpha value is -1.79. The first kappa shape index (κ1) is 16.3. The minimum Gasteiger partial charge on any atom is -0.481 e. The fourth-order valence-electron chi connectivity index (χ4n) is 1.71. The highest BCUT2D eigenvalue weighted by atomic mass is 35.5. The van der Waals surface area contributed by atoms with E-state index in [4.69, 9.17) is 28.3 Å². The van der Waals surface area contributed by atoms with Crippen molar-refractivity contribution in [2.45, 2.75) is 18.8 Å². The van der Waals surface area contributed by atoms with Crippen molar-refractivity contribution < 1.29 is 19.5 Å². The molecule has 1 aromatic rings. The number of aliphatic carboxylic acids is 1. The minimum absolute atomic E-state index is 0.121. The van der Waals surface area contributed by atoms with Crippen molar-refractivity contribution in [1.82, 2.24) is 10.9 Å². The number of carboxylic acid groups (broad SMARTS) is 1. The molecule has 20 heavy (non-hydrogen) atoms. The summed E-state index contributed by atoms with van der Waals surface area (Å²) >= 11 is 11.7. The quantitative estimate of drug-likeness (QED) is 0.527. The molecule has 0 aromatic heterocycles. The molecule has 1 atom stereocenters. The topological polar surface area (TPSA) is 95.5 Å². The standard InChI is InChI=1S/C12H12Cl2N2O4/c13-9-1-7(2-10(14)5-9)8(4-12(19)20)3-11(18)16-15-6-17/h1-2,5-6,8H,3-4H2,(H,15,17)(H,16,18)(H,19,20). The van der Waals surface area contributed by atoms with Crippen LogP contribution in [0.4, 0.5) is 0 Å². The van der Waals surface area contributed by atoms with E-state index in [1.54, 1.807) is 12.1 Å². The molecule has 1 unspecified atom stereocenters. The molecule has 108 valence electrons. The summed E-state index contributed by atoms with van der Waals surface area (Å²) < 4.78 is 0. The van der Waals surface area contributed by atoms with Gasteiger partial charge in [-0.1, -0.05) is 23.2 Å². The molecule has 3 N–H and O–H groups in total. The van der Waals surface area contributed by atoms with E-state index in [-0.39, 0.29) is 12.8 Å². The predicted molar refractivity (Wildman–Crippen MR) is 73.4 cm³/mol. The molecule has 0 aliphatic heterocycles. The Bertz CT molecular complexity index is 502. The Morgan fingerprint density at radius 3 is 2.30 bits per heavy atom. The lowest BCUT2D eigenvalue weighted by Crippen LogP contribution is -2.37. The largest absolute Gasteiger partial charge is 0.481 e. The lowest BCUT2D eigenvalue weighted by Gasteiger charge is -2.15. The molecule has 2 amide bonds. The molecule has 0 heterocycles. The predicted octanol–water partition coefficient (Wildman–Crippen LogP) is 1.72. The van der Waals surface area contributed by atoms with Crippen molar-refractivity contribution in [3.8, 4) is 0 Å². The van der Waals surface area contributed by atoms with Gasteiger partial charge >= 0.3 is 5.97 Å². The fraction of sp³-hybridized carbons (Fsp3) is 0.250. The second kappa shape index (κ2) is 7.72. The molecule has 0 bridgehead atoms. The van der Waals surface area contributed by atoms with Gasteiger partial charge in [-0.25, -0.2) is 0 Å². The van der Waals surface area contributed by atoms with Crippen LogP contribution in [0, 0.1) is 0 Å². The van der Waals surface area contributed by atoms with Gasteiger partial charge < -0.3 is 5.11 Å². The van der Waals surface area contributed by atoms with Crippen LogP contribution in [0.2, 0.25) is 10.0 Å². The number of hydrazine groups is 1. The van der Waals surface area contributed by atoms with Crippen LogP contribution < -0.4 is 10.9 Å². The van der Waals surface area contributed by atoms with Crippen molar-refractivity contribution in [3.05, 3.63) is 33.8 Å². The van der Waals surface area contributed by atoms with Crippen LogP contribution in [0.1, 0.15) is 24.3 Å². The molecular weight excluding hydrogens is 307 g/mol. The monoisotopic (exact) mass is 318 g/mol. The molecular formula is C12H12Cl2N2O4. The molecule has 6 nitrogen and oxygen atoms in total. The zero-order valence-electron chi connectivity index (χ0n) is 10.2. The van der Waals surface area contributed by atoms with Crippen LogP contribution in [0.15, 0.2) is 18.2 Å². The maximum Gasteiger partial charge on any atom is 0.303 e. The number of benzene rings is 1. The zero-order valence-corrected chi connectivity index (χ0v) is 11.7. The number of hydrogen-bond acceptors (Lipinski definition) is 3. The highest BCUT2D eigenvalue weighted by Crippen LogP contribution is 2.29. The van der Waals surface area contributed by atoms with Gasteiger partial charge in [-0.2, -0.15) is 0 Å². The first-order chi connectivity index (χ1) is 9.42. The summed E-state index contributed by atoms with van der Waals surface area (Å²) in [6.07, 6.45) is -0.0741. The van der Waals surface area contributed by atoms with Crippen LogP contribution in [0.25, 0.3) is 0 Å². The summed E-state index contributed by atoms with van der Waals surface area (Å²) in [7, 11) is 0. The van der Waals surface area contributed by atoms with E-state index in [0.29, 0.717) is 22.0 Å². The SMILES string of the molecule is O=CNNC(=O)CC(CC(=O)O)c1cc(Cl)cc(Cl)c1. The van der Waals surface area contributed by atoms with Crippen molar-refractivity contribution in [2.24, 2.45) is 0 Å². The van der Waals surface area contributed by atoms with Gasteiger partial charge in [-0.05, 0) is 23.8 Å². The Balaban J connectivity index is 2.90. The molecule has 0 spiro atoms. The molecule has 0 saturated carbocycles. The average Bonchev–Trinajstić information content (AvgIpc) is 2.33. The smallest absolute Gasteiger partial charge is 0.303 e. The van der Waals surface area contributed by atoms with Crippen molar-refractivity contribution >= 4 is 41.5 Å². The lowest BCUT2D eigenvalue weighted by atomic mass is 9.92. The van der Waals surface area contributed by atoms with Gasteiger partial charge in [0.2, 0.25) is 12.3 Å². The zero-order chi connectivity index (χ0) is 15.1. The van der Waals surface area contributed by atoms with Crippen LogP contribution in [-0.4, -0.2) is 23.4 Å². The normalized spacial score (nSPS) is 11.5. The maximum absolute atomic E-state index is 11.5. The van der Waals surface area contributed by atoms with Gasteiger partial charge in [0.15, 0.2) is 0 Å². The molecule has 8 heteroatoms. The van der Waals surface area contributed by atoms with E-state index in [1.807, 2.05) is 5.43 Å². The van der Waals surface area contributed by atoms with Crippen LogP contribution >= 0.6 is 23.2 Å². The van der Waals surface area contributed by atoms with Crippen LogP contribution in [-0.2, 0) is 14.4 Å². The number of halogens is 2. The van der Waals surface area contributed by atoms with E-state index >= 15 is 0 Å². The number of hydrogen-bond donors (Lipinski definition) is 3. The second-order valence-corrected chi connectivity index (χ2v) is 4.88. The Labute approximate surface area is 125 Å².